The van der Waals surface area contributed by atoms with Crippen LogP contribution in [0.25, 0.3) is 0 Å². The maximum absolute atomic E-state index is 12.4. The van der Waals surface area contributed by atoms with Crippen LogP contribution >= 0.6 is 11.6 Å². The molecule has 1 atom stereocenters. The van der Waals surface area contributed by atoms with Gasteiger partial charge in [-0.05, 0) is 5.92 Å². The van der Waals surface area contributed by atoms with Gasteiger partial charge in [-0.1, -0.05) is 25.4 Å². The SMILES string of the molecule is CC(=O)NC(C(=O)Nc1cc2c(cc1Cl)OCCCO2)C(C)C. The summed E-state index contributed by atoms with van der Waals surface area (Å²) in [6.45, 7) is 6.20. The van der Waals surface area contributed by atoms with Gasteiger partial charge in [-0.3, -0.25) is 9.59 Å². The molecule has 0 spiro atoms. The monoisotopic (exact) mass is 340 g/mol. The van der Waals surface area contributed by atoms with Crippen LogP contribution in [0.2, 0.25) is 5.02 Å². The number of carbonyl (C=O) groups is 2. The van der Waals surface area contributed by atoms with E-state index in [1.807, 2.05) is 13.8 Å². The Bertz CT molecular complexity index is 604. The first-order valence-corrected chi connectivity index (χ1v) is 7.93. The van der Waals surface area contributed by atoms with E-state index in [9.17, 15) is 9.59 Å². The number of nitrogens with one attached hydrogen (secondary N) is 2. The van der Waals surface area contributed by atoms with Crippen LogP contribution in [0.1, 0.15) is 27.2 Å². The summed E-state index contributed by atoms with van der Waals surface area (Å²) in [5, 5.41) is 5.74. The average molecular weight is 341 g/mol. The smallest absolute Gasteiger partial charge is 0.247 e. The topological polar surface area (TPSA) is 76.7 Å². The lowest BCUT2D eigenvalue weighted by Crippen LogP contribution is -2.46. The fourth-order valence-electron chi connectivity index (χ4n) is 2.24. The van der Waals surface area contributed by atoms with Crippen molar-refractivity contribution in [3.05, 3.63) is 17.2 Å². The molecule has 0 aromatic heterocycles. The Morgan fingerprint density at radius 2 is 1.78 bits per heavy atom. The number of anilines is 1. The number of fused-ring (bicyclic) bond motifs is 1. The number of rotatable bonds is 4. The summed E-state index contributed by atoms with van der Waals surface area (Å²) in [6, 6.07) is 2.63. The van der Waals surface area contributed by atoms with Gasteiger partial charge < -0.3 is 20.1 Å². The third-order valence-electron chi connectivity index (χ3n) is 3.40. The molecule has 0 fully saturated rings. The molecular weight excluding hydrogens is 320 g/mol. The zero-order chi connectivity index (χ0) is 17.0. The molecule has 0 bridgehead atoms. The lowest BCUT2D eigenvalue weighted by atomic mass is 10.0. The molecule has 23 heavy (non-hydrogen) atoms. The Hall–Kier alpha value is -1.95. The van der Waals surface area contributed by atoms with Crippen LogP contribution in [-0.2, 0) is 9.59 Å². The van der Waals surface area contributed by atoms with Crippen molar-refractivity contribution in [2.45, 2.75) is 33.2 Å². The van der Waals surface area contributed by atoms with Crippen molar-refractivity contribution in [2.75, 3.05) is 18.5 Å². The molecule has 6 nitrogen and oxygen atoms in total. The van der Waals surface area contributed by atoms with E-state index in [-0.39, 0.29) is 17.7 Å². The van der Waals surface area contributed by atoms with Crippen molar-refractivity contribution in [3.8, 4) is 11.5 Å². The molecular formula is C16H21ClN2O4. The van der Waals surface area contributed by atoms with Gasteiger partial charge in [-0.2, -0.15) is 0 Å². The summed E-state index contributed by atoms with van der Waals surface area (Å²) in [6.07, 6.45) is 0.784. The van der Waals surface area contributed by atoms with Crippen molar-refractivity contribution in [3.63, 3.8) is 0 Å². The quantitative estimate of drug-likeness (QED) is 0.883. The molecule has 1 aliphatic heterocycles. The molecule has 0 radical (unpaired) electrons. The first-order chi connectivity index (χ1) is 10.9. The third-order valence-corrected chi connectivity index (χ3v) is 3.72. The summed E-state index contributed by atoms with van der Waals surface area (Å²) < 4.78 is 11.1. The van der Waals surface area contributed by atoms with Crippen LogP contribution in [0.15, 0.2) is 12.1 Å². The molecule has 1 unspecified atom stereocenters. The molecule has 2 N–H and O–H groups in total. The van der Waals surface area contributed by atoms with Gasteiger partial charge in [0.25, 0.3) is 0 Å². The number of amides is 2. The second-order valence-electron chi connectivity index (χ2n) is 5.74. The Morgan fingerprint density at radius 3 is 2.35 bits per heavy atom. The van der Waals surface area contributed by atoms with Crippen molar-refractivity contribution in [1.29, 1.82) is 0 Å². The molecule has 2 amide bonds. The zero-order valence-corrected chi connectivity index (χ0v) is 14.2. The summed E-state index contributed by atoms with van der Waals surface area (Å²) in [7, 11) is 0. The normalized spacial score (nSPS) is 14.8. The summed E-state index contributed by atoms with van der Waals surface area (Å²) in [4.78, 5) is 23.7. The van der Waals surface area contributed by atoms with Gasteiger partial charge in [0.1, 0.15) is 6.04 Å². The number of benzene rings is 1. The van der Waals surface area contributed by atoms with Gasteiger partial charge in [0.2, 0.25) is 11.8 Å². The third kappa shape index (κ3) is 4.51. The van der Waals surface area contributed by atoms with E-state index < -0.39 is 6.04 Å². The fourth-order valence-corrected chi connectivity index (χ4v) is 2.45. The van der Waals surface area contributed by atoms with Crippen molar-refractivity contribution >= 4 is 29.1 Å². The summed E-state index contributed by atoms with van der Waals surface area (Å²) in [5.74, 6) is 0.462. The van der Waals surface area contributed by atoms with E-state index in [2.05, 4.69) is 10.6 Å². The van der Waals surface area contributed by atoms with Gasteiger partial charge in [-0.15, -0.1) is 0 Å². The molecule has 7 heteroatoms. The van der Waals surface area contributed by atoms with Gasteiger partial charge in [0.05, 0.1) is 23.9 Å². The molecule has 1 aromatic carbocycles. The first-order valence-electron chi connectivity index (χ1n) is 7.55. The minimum Gasteiger partial charge on any atom is -0.490 e. The molecule has 1 aliphatic rings. The van der Waals surface area contributed by atoms with Gasteiger partial charge >= 0.3 is 0 Å². The van der Waals surface area contributed by atoms with E-state index in [4.69, 9.17) is 21.1 Å². The van der Waals surface area contributed by atoms with Crippen LogP contribution in [0.4, 0.5) is 5.69 Å². The summed E-state index contributed by atoms with van der Waals surface area (Å²) in [5.41, 5.74) is 0.428. The maximum Gasteiger partial charge on any atom is 0.247 e. The Kier molecular flexibility index (Phi) is 5.71. The molecule has 0 saturated carbocycles. The second-order valence-corrected chi connectivity index (χ2v) is 6.15. The number of carbonyl (C=O) groups excluding carboxylic acids is 2. The van der Waals surface area contributed by atoms with Crippen molar-refractivity contribution < 1.29 is 19.1 Å². The highest BCUT2D eigenvalue weighted by molar-refractivity contribution is 6.34. The highest BCUT2D eigenvalue weighted by Crippen LogP contribution is 2.37. The minimum absolute atomic E-state index is 0.0573. The molecule has 0 saturated heterocycles. The number of halogens is 1. The standard InChI is InChI=1S/C16H21ClN2O4/c1-9(2)15(18-10(3)20)16(21)19-12-8-14-13(7-11(12)17)22-5-4-6-23-14/h7-9,15H,4-6H2,1-3H3,(H,18,20)(H,19,21). The molecule has 1 heterocycles. The highest BCUT2D eigenvalue weighted by Gasteiger charge is 2.24. The lowest BCUT2D eigenvalue weighted by Gasteiger charge is -2.21. The first kappa shape index (κ1) is 17.4. The second kappa shape index (κ2) is 7.55. The molecule has 2 rings (SSSR count). The van der Waals surface area contributed by atoms with E-state index in [0.29, 0.717) is 35.4 Å². The van der Waals surface area contributed by atoms with E-state index >= 15 is 0 Å². The zero-order valence-electron chi connectivity index (χ0n) is 13.4. The lowest BCUT2D eigenvalue weighted by molar-refractivity contribution is -0.126. The Balaban J connectivity index is 2.20. The number of hydrogen-bond acceptors (Lipinski definition) is 4. The molecule has 0 aliphatic carbocycles. The van der Waals surface area contributed by atoms with E-state index in [1.54, 1.807) is 12.1 Å². The molecule has 126 valence electrons. The Morgan fingerprint density at radius 1 is 1.17 bits per heavy atom. The largest absolute Gasteiger partial charge is 0.490 e. The fraction of sp³-hybridized carbons (Fsp3) is 0.500. The predicted octanol–water partition coefficient (Wildman–Crippen LogP) is 2.60. The number of hydrogen-bond donors (Lipinski definition) is 2. The van der Waals surface area contributed by atoms with E-state index in [0.717, 1.165) is 6.42 Å². The highest BCUT2D eigenvalue weighted by atomic mass is 35.5. The predicted molar refractivity (Wildman–Crippen MR) is 88.1 cm³/mol. The Labute approximate surface area is 140 Å². The van der Waals surface area contributed by atoms with E-state index in [1.165, 1.54) is 6.92 Å². The maximum atomic E-state index is 12.4. The van der Waals surface area contributed by atoms with Crippen molar-refractivity contribution in [1.82, 2.24) is 5.32 Å². The minimum atomic E-state index is -0.639. The molecule has 1 aromatic rings. The van der Waals surface area contributed by atoms with Crippen LogP contribution < -0.4 is 20.1 Å². The van der Waals surface area contributed by atoms with Crippen LogP contribution in [0.5, 0.6) is 11.5 Å². The van der Waals surface area contributed by atoms with Crippen LogP contribution in [-0.4, -0.2) is 31.1 Å². The van der Waals surface area contributed by atoms with Crippen LogP contribution in [0, 0.1) is 5.92 Å². The van der Waals surface area contributed by atoms with Crippen LogP contribution in [0.3, 0.4) is 0 Å². The van der Waals surface area contributed by atoms with Gasteiger partial charge in [0, 0.05) is 25.5 Å². The van der Waals surface area contributed by atoms with Gasteiger partial charge in [0.15, 0.2) is 11.5 Å². The van der Waals surface area contributed by atoms with Gasteiger partial charge in [-0.25, -0.2) is 0 Å². The average Bonchev–Trinajstić information content (AvgIpc) is 2.69. The number of ether oxygens (including phenoxy) is 2. The van der Waals surface area contributed by atoms with Crippen molar-refractivity contribution in [2.24, 2.45) is 5.92 Å². The summed E-state index contributed by atoms with van der Waals surface area (Å²) >= 11 is 6.21.